The molecule has 0 fully saturated rings. The van der Waals surface area contributed by atoms with Gasteiger partial charge in [-0.15, -0.1) is 11.3 Å². The summed E-state index contributed by atoms with van der Waals surface area (Å²) in [5.41, 5.74) is 2.83. The van der Waals surface area contributed by atoms with E-state index < -0.39 is 0 Å². The number of nitrogens with zero attached hydrogens (tertiary/aromatic N) is 3. The zero-order valence-corrected chi connectivity index (χ0v) is 14.1. The Balaban J connectivity index is 1.84. The zero-order valence-electron chi connectivity index (χ0n) is 13.3. The van der Waals surface area contributed by atoms with Gasteiger partial charge in [-0.1, -0.05) is 35.5 Å². The normalized spacial score (nSPS) is 11.2. The van der Waals surface area contributed by atoms with Crippen LogP contribution in [0.4, 0.5) is 0 Å². The lowest BCUT2D eigenvalue weighted by Crippen LogP contribution is -2.20. The van der Waals surface area contributed by atoms with E-state index in [0.29, 0.717) is 17.7 Å². The van der Waals surface area contributed by atoms with E-state index in [0.717, 1.165) is 26.5 Å². The van der Waals surface area contributed by atoms with Gasteiger partial charge in [0.1, 0.15) is 4.83 Å². The van der Waals surface area contributed by atoms with E-state index in [2.05, 4.69) is 10.1 Å². The fraction of sp³-hybridized carbons (Fsp3) is 0.167. The van der Waals surface area contributed by atoms with Gasteiger partial charge in [0.25, 0.3) is 5.56 Å². The van der Waals surface area contributed by atoms with Crippen LogP contribution in [0.5, 0.6) is 0 Å². The molecule has 4 aromatic rings. The minimum atomic E-state index is -0.0509. The molecule has 0 N–H and O–H groups in total. The van der Waals surface area contributed by atoms with Crippen LogP contribution in [0.1, 0.15) is 17.0 Å². The van der Waals surface area contributed by atoms with Gasteiger partial charge in [0, 0.05) is 10.9 Å². The van der Waals surface area contributed by atoms with Gasteiger partial charge >= 0.3 is 0 Å². The van der Waals surface area contributed by atoms with Crippen molar-refractivity contribution in [2.24, 2.45) is 0 Å². The third-order valence-electron chi connectivity index (χ3n) is 3.96. The number of benzene rings is 1. The van der Waals surface area contributed by atoms with Gasteiger partial charge in [0.05, 0.1) is 24.0 Å². The minimum absolute atomic E-state index is 0.0509. The first-order chi connectivity index (χ1) is 11.6. The molecule has 1 aromatic carbocycles. The highest BCUT2D eigenvalue weighted by molar-refractivity contribution is 7.22. The highest BCUT2D eigenvalue weighted by Crippen LogP contribution is 2.35. The van der Waals surface area contributed by atoms with Gasteiger partial charge in [-0.25, -0.2) is 4.98 Å². The van der Waals surface area contributed by atoms with Crippen molar-refractivity contribution in [2.75, 3.05) is 0 Å². The maximum atomic E-state index is 12.9. The number of aryl methyl sites for hydroxylation is 2. The Morgan fingerprint density at radius 3 is 2.71 bits per heavy atom. The fourth-order valence-electron chi connectivity index (χ4n) is 2.80. The van der Waals surface area contributed by atoms with E-state index in [4.69, 9.17) is 4.52 Å². The van der Waals surface area contributed by atoms with Crippen molar-refractivity contribution in [1.82, 2.24) is 14.7 Å². The number of hydrogen-bond acceptors (Lipinski definition) is 5. The van der Waals surface area contributed by atoms with Gasteiger partial charge in [0.2, 0.25) is 0 Å². The summed E-state index contributed by atoms with van der Waals surface area (Å²) < 4.78 is 6.77. The smallest absolute Gasteiger partial charge is 0.262 e. The van der Waals surface area contributed by atoms with Crippen LogP contribution in [0.2, 0.25) is 0 Å². The molecule has 3 heterocycles. The number of hydrogen-bond donors (Lipinski definition) is 0. The van der Waals surface area contributed by atoms with E-state index in [1.165, 1.54) is 0 Å². The molecular weight excluding hydrogens is 322 g/mol. The zero-order chi connectivity index (χ0) is 16.7. The molecule has 0 saturated heterocycles. The van der Waals surface area contributed by atoms with Crippen molar-refractivity contribution >= 4 is 21.6 Å². The molecule has 6 heteroatoms. The van der Waals surface area contributed by atoms with Gasteiger partial charge in [-0.2, -0.15) is 0 Å². The Labute approximate surface area is 142 Å². The first-order valence-corrected chi connectivity index (χ1v) is 8.41. The first-order valence-electron chi connectivity index (χ1n) is 7.59. The Morgan fingerprint density at radius 1 is 1.21 bits per heavy atom. The Bertz CT molecular complexity index is 1080. The molecular formula is C18H15N3O2S. The van der Waals surface area contributed by atoms with E-state index in [9.17, 15) is 4.79 Å². The fourth-order valence-corrected chi connectivity index (χ4v) is 3.94. The number of aromatic nitrogens is 3. The van der Waals surface area contributed by atoms with Crippen molar-refractivity contribution < 1.29 is 4.52 Å². The second-order valence-electron chi connectivity index (χ2n) is 5.71. The summed E-state index contributed by atoms with van der Waals surface area (Å²) in [6.45, 7) is 4.16. The van der Waals surface area contributed by atoms with E-state index in [1.807, 2.05) is 50.2 Å². The van der Waals surface area contributed by atoms with Crippen LogP contribution >= 0.6 is 11.3 Å². The molecule has 0 aliphatic carbocycles. The van der Waals surface area contributed by atoms with Crippen molar-refractivity contribution in [3.63, 3.8) is 0 Å². The molecule has 3 aromatic heterocycles. The average Bonchev–Trinajstić information content (AvgIpc) is 3.15. The predicted octanol–water partition coefficient (Wildman–Crippen LogP) is 3.78. The summed E-state index contributed by atoms with van der Waals surface area (Å²) in [7, 11) is 0. The molecule has 24 heavy (non-hydrogen) atoms. The Kier molecular flexibility index (Phi) is 3.54. The minimum Gasteiger partial charge on any atom is -0.359 e. The summed E-state index contributed by atoms with van der Waals surface area (Å²) in [6.07, 6.45) is 1.58. The van der Waals surface area contributed by atoms with Crippen LogP contribution < -0.4 is 5.56 Å². The molecule has 5 nitrogen and oxygen atoms in total. The molecule has 0 aliphatic heterocycles. The monoisotopic (exact) mass is 337 g/mol. The van der Waals surface area contributed by atoms with Crippen molar-refractivity contribution in [3.8, 4) is 10.4 Å². The molecule has 0 radical (unpaired) electrons. The average molecular weight is 337 g/mol. The molecule has 0 saturated carbocycles. The van der Waals surface area contributed by atoms with Crippen molar-refractivity contribution in [3.05, 3.63) is 70.1 Å². The summed E-state index contributed by atoms with van der Waals surface area (Å²) >= 11 is 1.55. The largest absolute Gasteiger partial charge is 0.359 e. The van der Waals surface area contributed by atoms with Crippen LogP contribution in [0, 0.1) is 13.8 Å². The lowest BCUT2D eigenvalue weighted by atomic mass is 10.1. The number of fused-ring (bicyclic) bond motifs is 1. The van der Waals surface area contributed by atoms with Crippen molar-refractivity contribution in [1.29, 1.82) is 0 Å². The summed E-state index contributed by atoms with van der Waals surface area (Å²) in [5, 5.41) is 4.54. The maximum absolute atomic E-state index is 12.9. The molecule has 0 aliphatic rings. The van der Waals surface area contributed by atoms with Crippen LogP contribution in [0.3, 0.4) is 0 Å². The molecule has 120 valence electrons. The highest BCUT2D eigenvalue weighted by atomic mass is 32.1. The molecule has 0 amide bonds. The second kappa shape index (κ2) is 5.72. The van der Waals surface area contributed by atoms with Crippen LogP contribution in [0.25, 0.3) is 20.7 Å². The number of rotatable bonds is 3. The lowest BCUT2D eigenvalue weighted by Gasteiger charge is -2.02. The Morgan fingerprint density at radius 2 is 2.00 bits per heavy atom. The maximum Gasteiger partial charge on any atom is 0.262 e. The molecule has 4 rings (SSSR count). The van der Waals surface area contributed by atoms with E-state index in [-0.39, 0.29) is 5.56 Å². The molecule has 0 atom stereocenters. The van der Waals surface area contributed by atoms with Gasteiger partial charge < -0.3 is 4.52 Å². The van der Waals surface area contributed by atoms with Crippen LogP contribution in [-0.4, -0.2) is 14.7 Å². The third-order valence-corrected chi connectivity index (χ3v) is 5.21. The highest BCUT2D eigenvalue weighted by Gasteiger charge is 2.16. The first kappa shape index (κ1) is 14.8. The van der Waals surface area contributed by atoms with E-state index in [1.54, 1.807) is 22.2 Å². The lowest BCUT2D eigenvalue weighted by molar-refractivity contribution is 0.371. The molecule has 0 bridgehead atoms. The standard InChI is InChI=1S/C18H15N3O2S/c1-11-8-14(23-20-11)9-21-10-19-17-15(18(21)22)12(2)16(24-17)13-6-4-3-5-7-13/h3-8,10H,9H2,1-2H3. The molecule has 0 spiro atoms. The van der Waals surface area contributed by atoms with Gasteiger partial charge in [-0.3, -0.25) is 9.36 Å². The second-order valence-corrected chi connectivity index (χ2v) is 6.71. The predicted molar refractivity (Wildman–Crippen MR) is 94.4 cm³/mol. The summed E-state index contributed by atoms with van der Waals surface area (Å²) in [6, 6.07) is 11.9. The number of thiophene rings is 1. The van der Waals surface area contributed by atoms with E-state index >= 15 is 0 Å². The third kappa shape index (κ3) is 2.45. The SMILES string of the molecule is Cc1cc(Cn2cnc3sc(-c4ccccc4)c(C)c3c2=O)on1. The topological polar surface area (TPSA) is 60.9 Å². The van der Waals surface area contributed by atoms with Crippen LogP contribution in [0.15, 0.2) is 52.0 Å². The quantitative estimate of drug-likeness (QED) is 0.571. The van der Waals surface area contributed by atoms with Gasteiger partial charge in [0.15, 0.2) is 5.76 Å². The van der Waals surface area contributed by atoms with Crippen LogP contribution in [-0.2, 0) is 6.54 Å². The van der Waals surface area contributed by atoms with Gasteiger partial charge in [-0.05, 0) is 25.0 Å². The summed E-state index contributed by atoms with van der Waals surface area (Å²) in [5.74, 6) is 0.645. The Hall–Kier alpha value is -2.73. The van der Waals surface area contributed by atoms with Crippen molar-refractivity contribution in [2.45, 2.75) is 20.4 Å². The summed E-state index contributed by atoms with van der Waals surface area (Å²) in [4.78, 5) is 19.2. The molecule has 0 unspecified atom stereocenters.